The highest BCUT2D eigenvalue weighted by atomic mass is 32.1. The molecule has 1 saturated heterocycles. The Labute approximate surface area is 91.2 Å². The molecule has 1 aromatic heterocycles. The van der Waals surface area contributed by atoms with Crippen LogP contribution >= 0.6 is 11.5 Å². The van der Waals surface area contributed by atoms with E-state index in [-0.39, 0.29) is 12.1 Å². The molecular weight excluding hydrogens is 216 g/mol. The third-order valence-electron chi connectivity index (χ3n) is 2.15. The first-order valence-electron chi connectivity index (χ1n) is 4.77. The van der Waals surface area contributed by atoms with Crippen LogP contribution in [0.1, 0.15) is 12.8 Å². The summed E-state index contributed by atoms with van der Waals surface area (Å²) in [5, 5.41) is 9.83. The van der Waals surface area contributed by atoms with Crippen molar-refractivity contribution in [3.05, 3.63) is 6.20 Å². The molecule has 15 heavy (non-hydrogen) atoms. The lowest BCUT2D eigenvalue weighted by atomic mass is 10.1. The van der Waals surface area contributed by atoms with Crippen molar-refractivity contribution in [3.63, 3.8) is 0 Å². The molecule has 0 unspecified atom stereocenters. The largest absolute Gasteiger partial charge is 0.381 e. The molecule has 0 radical (unpaired) electrons. The lowest BCUT2D eigenvalue weighted by Gasteiger charge is -2.22. The zero-order valence-electron chi connectivity index (χ0n) is 8.10. The number of hydrogen-bond donors (Lipinski definition) is 2. The van der Waals surface area contributed by atoms with Crippen LogP contribution < -0.4 is 10.6 Å². The Morgan fingerprint density at radius 3 is 3.00 bits per heavy atom. The lowest BCUT2D eigenvalue weighted by Crippen LogP contribution is -2.41. The molecule has 0 atom stereocenters. The van der Waals surface area contributed by atoms with Crippen molar-refractivity contribution in [2.45, 2.75) is 18.9 Å². The standard InChI is InChI=1S/C8H12N4O2S/c13-8(11-7-5-9-12-15-7)10-6-1-3-14-4-2-6/h5-6H,1-4H2,(H2,10,11,13). The average Bonchev–Trinajstić information content (AvgIpc) is 2.71. The van der Waals surface area contributed by atoms with Crippen LogP contribution in [0.2, 0.25) is 0 Å². The molecule has 0 bridgehead atoms. The molecule has 1 fully saturated rings. The van der Waals surface area contributed by atoms with E-state index >= 15 is 0 Å². The summed E-state index contributed by atoms with van der Waals surface area (Å²) in [5.41, 5.74) is 0. The summed E-state index contributed by atoms with van der Waals surface area (Å²) in [4.78, 5) is 11.5. The van der Waals surface area contributed by atoms with Crippen molar-refractivity contribution in [1.29, 1.82) is 0 Å². The zero-order chi connectivity index (χ0) is 10.5. The Balaban J connectivity index is 1.76. The van der Waals surface area contributed by atoms with Crippen molar-refractivity contribution in [1.82, 2.24) is 14.9 Å². The van der Waals surface area contributed by atoms with Gasteiger partial charge in [-0.1, -0.05) is 4.49 Å². The van der Waals surface area contributed by atoms with E-state index in [4.69, 9.17) is 4.74 Å². The molecule has 82 valence electrons. The maximum absolute atomic E-state index is 11.5. The maximum Gasteiger partial charge on any atom is 0.320 e. The number of hydrogen-bond acceptors (Lipinski definition) is 5. The first-order valence-corrected chi connectivity index (χ1v) is 5.54. The molecular formula is C8H12N4O2S. The first kappa shape index (κ1) is 10.3. The quantitative estimate of drug-likeness (QED) is 0.786. The van der Waals surface area contributed by atoms with Crippen LogP contribution in [0.25, 0.3) is 0 Å². The van der Waals surface area contributed by atoms with Gasteiger partial charge in [0.2, 0.25) is 0 Å². The summed E-state index contributed by atoms with van der Waals surface area (Å²) >= 11 is 1.16. The number of rotatable bonds is 2. The number of anilines is 1. The molecule has 1 aliphatic rings. The van der Waals surface area contributed by atoms with Gasteiger partial charge < -0.3 is 10.1 Å². The number of amides is 2. The minimum Gasteiger partial charge on any atom is -0.381 e. The monoisotopic (exact) mass is 228 g/mol. The van der Waals surface area contributed by atoms with Gasteiger partial charge in [-0.15, -0.1) is 5.10 Å². The summed E-state index contributed by atoms with van der Waals surface area (Å²) in [6.45, 7) is 1.43. The van der Waals surface area contributed by atoms with Gasteiger partial charge in [0, 0.05) is 30.8 Å². The summed E-state index contributed by atoms with van der Waals surface area (Å²) in [5.74, 6) is 0. The second-order valence-corrected chi connectivity index (χ2v) is 4.05. The van der Waals surface area contributed by atoms with Gasteiger partial charge in [-0.3, -0.25) is 5.32 Å². The highest BCUT2D eigenvalue weighted by molar-refractivity contribution is 7.10. The molecule has 0 aromatic carbocycles. The topological polar surface area (TPSA) is 76.1 Å². The van der Waals surface area contributed by atoms with Crippen molar-refractivity contribution in [2.75, 3.05) is 18.5 Å². The minimum absolute atomic E-state index is 0.201. The van der Waals surface area contributed by atoms with Gasteiger partial charge in [0.15, 0.2) is 0 Å². The fourth-order valence-electron chi connectivity index (χ4n) is 1.40. The Kier molecular flexibility index (Phi) is 3.46. The van der Waals surface area contributed by atoms with Gasteiger partial charge >= 0.3 is 6.03 Å². The molecule has 1 aliphatic heterocycles. The van der Waals surface area contributed by atoms with Crippen LogP contribution in [-0.2, 0) is 4.74 Å². The second kappa shape index (κ2) is 5.04. The van der Waals surface area contributed by atoms with Gasteiger partial charge in [0.25, 0.3) is 0 Å². The van der Waals surface area contributed by atoms with Crippen molar-refractivity contribution in [2.24, 2.45) is 0 Å². The van der Waals surface area contributed by atoms with E-state index in [0.29, 0.717) is 18.2 Å². The number of aromatic nitrogens is 2. The van der Waals surface area contributed by atoms with Crippen molar-refractivity contribution < 1.29 is 9.53 Å². The van der Waals surface area contributed by atoms with Crippen LogP contribution in [0.3, 0.4) is 0 Å². The lowest BCUT2D eigenvalue weighted by molar-refractivity contribution is 0.0806. The van der Waals surface area contributed by atoms with Crippen LogP contribution in [0, 0.1) is 0 Å². The molecule has 1 aromatic rings. The van der Waals surface area contributed by atoms with Gasteiger partial charge in [-0.25, -0.2) is 4.79 Å². The molecule has 6 nitrogen and oxygen atoms in total. The molecule has 2 rings (SSSR count). The molecule has 7 heteroatoms. The summed E-state index contributed by atoms with van der Waals surface area (Å²) in [6.07, 6.45) is 3.26. The number of carbonyl (C=O) groups is 1. The smallest absolute Gasteiger partial charge is 0.320 e. The fourth-order valence-corrected chi connectivity index (χ4v) is 1.81. The van der Waals surface area contributed by atoms with E-state index in [0.717, 1.165) is 24.4 Å². The van der Waals surface area contributed by atoms with E-state index in [1.165, 1.54) is 6.20 Å². The molecule has 0 aliphatic carbocycles. The van der Waals surface area contributed by atoms with Gasteiger partial charge in [0.1, 0.15) is 5.00 Å². The zero-order valence-corrected chi connectivity index (χ0v) is 8.92. The number of ether oxygens (including phenoxy) is 1. The summed E-state index contributed by atoms with van der Waals surface area (Å²) < 4.78 is 8.85. The van der Waals surface area contributed by atoms with E-state index < -0.39 is 0 Å². The predicted octanol–water partition coefficient (Wildman–Crippen LogP) is 0.839. The maximum atomic E-state index is 11.5. The Hall–Kier alpha value is -1.21. The van der Waals surface area contributed by atoms with E-state index in [1.54, 1.807) is 0 Å². The number of carbonyl (C=O) groups excluding carboxylic acids is 1. The van der Waals surface area contributed by atoms with Gasteiger partial charge in [0.05, 0.1) is 6.20 Å². The van der Waals surface area contributed by atoms with Crippen LogP contribution in [0.5, 0.6) is 0 Å². The summed E-state index contributed by atoms with van der Waals surface area (Å²) in [7, 11) is 0. The van der Waals surface area contributed by atoms with Gasteiger partial charge in [-0.05, 0) is 12.8 Å². The third-order valence-corrected chi connectivity index (χ3v) is 2.73. The van der Waals surface area contributed by atoms with Crippen LogP contribution in [-0.4, -0.2) is 34.9 Å². The Bertz CT molecular complexity index is 310. The number of nitrogens with one attached hydrogen (secondary N) is 2. The molecule has 0 saturated carbocycles. The Morgan fingerprint density at radius 1 is 1.53 bits per heavy atom. The van der Waals surface area contributed by atoms with E-state index in [2.05, 4.69) is 20.2 Å². The third kappa shape index (κ3) is 3.14. The molecule has 2 heterocycles. The fraction of sp³-hybridized carbons (Fsp3) is 0.625. The second-order valence-electron chi connectivity index (χ2n) is 3.27. The molecule has 0 spiro atoms. The van der Waals surface area contributed by atoms with Crippen LogP contribution in [0.15, 0.2) is 6.20 Å². The Morgan fingerprint density at radius 2 is 2.33 bits per heavy atom. The minimum atomic E-state index is -0.201. The van der Waals surface area contributed by atoms with Gasteiger partial charge in [-0.2, -0.15) is 0 Å². The van der Waals surface area contributed by atoms with E-state index in [9.17, 15) is 4.79 Å². The SMILES string of the molecule is O=C(Nc1cnns1)NC1CCOCC1. The van der Waals surface area contributed by atoms with Crippen molar-refractivity contribution in [3.8, 4) is 0 Å². The average molecular weight is 228 g/mol. The first-order chi connectivity index (χ1) is 7.34. The normalized spacial score (nSPS) is 17.3. The number of urea groups is 1. The van der Waals surface area contributed by atoms with E-state index in [1.807, 2.05) is 0 Å². The van der Waals surface area contributed by atoms with Crippen LogP contribution in [0.4, 0.5) is 9.80 Å². The molecule has 2 N–H and O–H groups in total. The highest BCUT2D eigenvalue weighted by Crippen LogP contribution is 2.10. The highest BCUT2D eigenvalue weighted by Gasteiger charge is 2.16. The molecule has 2 amide bonds. The number of nitrogens with zero attached hydrogens (tertiary/aromatic N) is 2. The van der Waals surface area contributed by atoms with Crippen molar-refractivity contribution >= 4 is 22.6 Å². The summed E-state index contributed by atoms with van der Waals surface area (Å²) in [6, 6.07) is 0.00702. The predicted molar refractivity (Wildman–Crippen MR) is 55.9 cm³/mol.